The Bertz CT molecular complexity index is 1040. The Hall–Kier alpha value is -2.99. The van der Waals surface area contributed by atoms with Gasteiger partial charge in [-0.15, -0.1) is 0 Å². The first-order valence-corrected chi connectivity index (χ1v) is 13.9. The van der Waals surface area contributed by atoms with E-state index < -0.39 is 77.8 Å². The molecule has 0 aromatic rings. The Kier molecular flexibility index (Phi) is 10.1. The number of esters is 1. The second kappa shape index (κ2) is 12.1. The summed E-state index contributed by atoms with van der Waals surface area (Å²) < 4.78 is 31.3. The topological polar surface area (TPSA) is 154 Å². The van der Waals surface area contributed by atoms with Crippen molar-refractivity contribution in [2.24, 2.45) is 28.6 Å². The lowest BCUT2D eigenvalue weighted by Gasteiger charge is -2.38. The SMILES string of the molecule is CC(C)[C@H](NC(=O)N[C@H](C(=O)N1C[C@H]2[C@@H]([C@H]1C(=O)N[C@@H](CC(F)F)C(=O)O)C2(C)C)C(C)(C)C)C(=O)OC(C)(C)C. The third-order valence-electron chi connectivity index (χ3n) is 7.79. The summed E-state index contributed by atoms with van der Waals surface area (Å²) in [5.41, 5.74) is -1.93. The van der Waals surface area contributed by atoms with Crippen LogP contribution in [0, 0.1) is 28.6 Å². The van der Waals surface area contributed by atoms with Crippen LogP contribution >= 0.6 is 0 Å². The lowest BCUT2D eigenvalue weighted by atomic mass is 9.85. The van der Waals surface area contributed by atoms with Crippen LogP contribution in [0.5, 0.6) is 0 Å². The highest BCUT2D eigenvalue weighted by atomic mass is 19.3. The van der Waals surface area contributed by atoms with Gasteiger partial charge in [0.2, 0.25) is 18.2 Å². The van der Waals surface area contributed by atoms with Gasteiger partial charge in [0.25, 0.3) is 0 Å². The predicted molar refractivity (Wildman–Crippen MR) is 146 cm³/mol. The molecular formula is C28H46F2N4O7. The van der Waals surface area contributed by atoms with E-state index in [1.54, 1.807) is 55.4 Å². The number of carboxylic acid groups (broad SMARTS) is 1. The summed E-state index contributed by atoms with van der Waals surface area (Å²) in [5, 5.41) is 16.8. The number of hydrogen-bond acceptors (Lipinski definition) is 6. The van der Waals surface area contributed by atoms with Crippen LogP contribution in [0.4, 0.5) is 13.6 Å². The quantitative estimate of drug-likeness (QED) is 0.286. The van der Waals surface area contributed by atoms with Gasteiger partial charge < -0.3 is 30.7 Å². The number of likely N-dealkylation sites (tertiary alicyclic amines) is 1. The van der Waals surface area contributed by atoms with E-state index in [0.29, 0.717) is 0 Å². The molecule has 1 saturated carbocycles. The number of carbonyl (C=O) groups is 5. The maximum Gasteiger partial charge on any atom is 0.329 e. The van der Waals surface area contributed by atoms with Gasteiger partial charge >= 0.3 is 18.0 Å². The Morgan fingerprint density at radius 2 is 1.56 bits per heavy atom. The minimum atomic E-state index is -2.95. The van der Waals surface area contributed by atoms with E-state index in [9.17, 15) is 37.9 Å². The number of aliphatic carboxylic acids is 1. The number of nitrogens with zero attached hydrogens (tertiary/aromatic N) is 1. The van der Waals surface area contributed by atoms with Crippen molar-refractivity contribution >= 4 is 29.8 Å². The Morgan fingerprint density at radius 3 is 2.00 bits per heavy atom. The van der Waals surface area contributed by atoms with Gasteiger partial charge in [0.05, 0.1) is 0 Å². The van der Waals surface area contributed by atoms with Gasteiger partial charge in [0.15, 0.2) is 0 Å². The Balaban J connectivity index is 2.29. The number of nitrogens with one attached hydrogen (secondary N) is 3. The van der Waals surface area contributed by atoms with Gasteiger partial charge in [-0.3, -0.25) is 9.59 Å². The lowest BCUT2D eigenvalue weighted by Crippen LogP contribution is -2.62. The molecule has 11 nitrogen and oxygen atoms in total. The molecule has 4 amide bonds. The van der Waals surface area contributed by atoms with Gasteiger partial charge in [-0.1, -0.05) is 48.5 Å². The molecule has 41 heavy (non-hydrogen) atoms. The maximum absolute atomic E-state index is 13.9. The summed E-state index contributed by atoms with van der Waals surface area (Å²) in [6.07, 6.45) is -4.02. The highest BCUT2D eigenvalue weighted by Crippen LogP contribution is 2.65. The maximum atomic E-state index is 13.9. The van der Waals surface area contributed by atoms with Crippen molar-refractivity contribution in [3.05, 3.63) is 0 Å². The second-order valence-corrected chi connectivity index (χ2v) is 14.1. The lowest BCUT2D eigenvalue weighted by molar-refractivity contribution is -0.158. The van der Waals surface area contributed by atoms with Gasteiger partial charge in [-0.25, -0.2) is 23.2 Å². The molecule has 234 valence electrons. The first-order chi connectivity index (χ1) is 18.5. The van der Waals surface area contributed by atoms with Crippen LogP contribution in [0.2, 0.25) is 0 Å². The largest absolute Gasteiger partial charge is 0.480 e. The van der Waals surface area contributed by atoms with Crippen LogP contribution in [0.25, 0.3) is 0 Å². The monoisotopic (exact) mass is 588 g/mol. The molecule has 1 heterocycles. The molecule has 0 unspecified atom stereocenters. The average Bonchev–Trinajstić information content (AvgIpc) is 3.12. The number of alkyl halides is 2. The first kappa shape index (κ1) is 34.2. The number of hydrogen-bond donors (Lipinski definition) is 4. The van der Waals surface area contributed by atoms with Crippen LogP contribution in [0.1, 0.15) is 75.7 Å². The molecule has 4 N–H and O–H groups in total. The molecule has 1 saturated heterocycles. The van der Waals surface area contributed by atoms with Crippen LogP contribution in [-0.4, -0.2) is 82.5 Å². The molecule has 2 fully saturated rings. The van der Waals surface area contributed by atoms with Crippen LogP contribution in [0.3, 0.4) is 0 Å². The highest BCUT2D eigenvalue weighted by Gasteiger charge is 2.70. The molecule has 1 aliphatic heterocycles. The second-order valence-electron chi connectivity index (χ2n) is 14.1. The molecule has 13 heteroatoms. The molecule has 2 rings (SSSR count). The van der Waals surface area contributed by atoms with Crippen molar-refractivity contribution in [1.82, 2.24) is 20.9 Å². The fourth-order valence-corrected chi connectivity index (χ4v) is 5.46. The van der Waals surface area contributed by atoms with E-state index in [-0.39, 0.29) is 29.7 Å². The molecule has 0 radical (unpaired) electrons. The fraction of sp³-hybridized carbons (Fsp3) is 0.821. The molecule has 6 atom stereocenters. The van der Waals surface area contributed by atoms with E-state index >= 15 is 0 Å². The number of fused-ring (bicyclic) bond motifs is 1. The molecule has 0 spiro atoms. The highest BCUT2D eigenvalue weighted by molar-refractivity contribution is 5.95. The average molecular weight is 589 g/mol. The van der Waals surface area contributed by atoms with E-state index in [4.69, 9.17) is 4.74 Å². The van der Waals surface area contributed by atoms with E-state index in [1.807, 2.05) is 13.8 Å². The minimum Gasteiger partial charge on any atom is -0.480 e. The van der Waals surface area contributed by atoms with Crippen molar-refractivity contribution in [3.8, 4) is 0 Å². The fourth-order valence-electron chi connectivity index (χ4n) is 5.46. The number of rotatable bonds is 10. The van der Waals surface area contributed by atoms with Crippen molar-refractivity contribution in [2.45, 2.75) is 112 Å². The number of carboxylic acids is 1. The van der Waals surface area contributed by atoms with Gasteiger partial charge in [0, 0.05) is 13.0 Å². The Morgan fingerprint density at radius 1 is 1.00 bits per heavy atom. The number of ether oxygens (including phenoxy) is 1. The third-order valence-corrected chi connectivity index (χ3v) is 7.79. The van der Waals surface area contributed by atoms with E-state index in [1.165, 1.54) is 4.90 Å². The molecule has 0 aromatic heterocycles. The summed E-state index contributed by atoms with van der Waals surface area (Å²) in [7, 11) is 0. The number of halogens is 2. The first-order valence-electron chi connectivity index (χ1n) is 13.9. The molecule has 1 aliphatic carbocycles. The van der Waals surface area contributed by atoms with Gasteiger partial charge in [-0.2, -0.15) is 0 Å². The summed E-state index contributed by atoms with van der Waals surface area (Å²) >= 11 is 0. The molecule has 0 bridgehead atoms. The van der Waals surface area contributed by atoms with E-state index in [0.717, 1.165) is 0 Å². The zero-order chi connectivity index (χ0) is 31.8. The van der Waals surface area contributed by atoms with Gasteiger partial charge in [0.1, 0.15) is 29.8 Å². The molecule has 0 aromatic carbocycles. The molecular weight excluding hydrogens is 542 g/mol. The molecule has 2 aliphatic rings. The number of carbonyl (C=O) groups excluding carboxylic acids is 4. The number of piperidine rings is 1. The van der Waals surface area contributed by atoms with Crippen molar-refractivity contribution in [2.75, 3.05) is 6.54 Å². The van der Waals surface area contributed by atoms with Crippen molar-refractivity contribution < 1.29 is 42.6 Å². The Labute approximate surface area is 240 Å². The summed E-state index contributed by atoms with van der Waals surface area (Å²) in [6.45, 7) is 17.8. The normalized spacial score (nSPS) is 23.8. The summed E-state index contributed by atoms with van der Waals surface area (Å²) in [6, 6.07) is -5.82. The summed E-state index contributed by atoms with van der Waals surface area (Å²) in [5.74, 6) is -4.32. The van der Waals surface area contributed by atoms with Crippen LogP contribution < -0.4 is 16.0 Å². The standard InChI is InChI=1S/C28H46F2N4O7/c1-13(2)18(24(39)41-27(6,7)8)32-25(40)33-20(26(3,4)5)22(36)34-12-14-17(28(14,9)10)19(34)21(35)31-15(23(37)38)11-16(29)30/h13-20H,11-12H2,1-10H3,(H,31,35)(H,37,38)(H2,32,33,40)/t14-,15-,17-,18-,19-,20+/m0/s1. The van der Waals surface area contributed by atoms with Crippen molar-refractivity contribution in [1.29, 1.82) is 0 Å². The van der Waals surface area contributed by atoms with Crippen LogP contribution in [-0.2, 0) is 23.9 Å². The summed E-state index contributed by atoms with van der Waals surface area (Å²) in [4.78, 5) is 65.9. The van der Waals surface area contributed by atoms with Crippen molar-refractivity contribution in [3.63, 3.8) is 0 Å². The number of urea groups is 1. The number of amides is 4. The van der Waals surface area contributed by atoms with E-state index in [2.05, 4.69) is 16.0 Å². The smallest absolute Gasteiger partial charge is 0.329 e. The third kappa shape index (κ3) is 8.28. The predicted octanol–water partition coefficient (Wildman–Crippen LogP) is 2.77. The zero-order valence-corrected chi connectivity index (χ0v) is 25.6. The zero-order valence-electron chi connectivity index (χ0n) is 25.6. The van der Waals surface area contributed by atoms with Crippen LogP contribution in [0.15, 0.2) is 0 Å². The van der Waals surface area contributed by atoms with Gasteiger partial charge in [-0.05, 0) is 49.4 Å². The minimum absolute atomic E-state index is 0.0625.